The highest BCUT2D eigenvalue weighted by molar-refractivity contribution is 7.99. The lowest BCUT2D eigenvalue weighted by molar-refractivity contribution is 0.128. The van der Waals surface area contributed by atoms with Crippen LogP contribution in [0.1, 0.15) is 12.7 Å². The standard InChI is InChI=1S/C14H17N3O2S/c1-3-19-9-13-16-12(15)8-14(17-13)20-11-6-4-5-10(7-11)18-2/h4-8H,3,9H2,1-2H3,(H2,15,16,17). The second kappa shape index (κ2) is 7.12. The molecule has 2 rings (SSSR count). The summed E-state index contributed by atoms with van der Waals surface area (Å²) in [7, 11) is 1.65. The molecule has 0 radical (unpaired) electrons. The Labute approximate surface area is 122 Å². The molecule has 0 fully saturated rings. The minimum atomic E-state index is 0.368. The van der Waals surface area contributed by atoms with Crippen LogP contribution in [-0.4, -0.2) is 23.7 Å². The Morgan fingerprint density at radius 3 is 2.85 bits per heavy atom. The van der Waals surface area contributed by atoms with E-state index in [9.17, 15) is 0 Å². The Morgan fingerprint density at radius 1 is 1.25 bits per heavy atom. The monoisotopic (exact) mass is 291 g/mol. The molecule has 0 saturated carbocycles. The van der Waals surface area contributed by atoms with Crippen molar-refractivity contribution < 1.29 is 9.47 Å². The SMILES string of the molecule is CCOCc1nc(N)cc(Sc2cccc(OC)c2)n1. The van der Waals surface area contributed by atoms with Gasteiger partial charge in [-0.05, 0) is 25.1 Å². The van der Waals surface area contributed by atoms with Crippen LogP contribution in [-0.2, 0) is 11.3 Å². The Bertz CT molecular complexity index is 578. The molecule has 0 bridgehead atoms. The van der Waals surface area contributed by atoms with E-state index in [4.69, 9.17) is 15.2 Å². The lowest BCUT2D eigenvalue weighted by atomic mass is 10.3. The molecule has 6 heteroatoms. The van der Waals surface area contributed by atoms with Crippen molar-refractivity contribution in [2.75, 3.05) is 19.5 Å². The normalized spacial score (nSPS) is 10.5. The summed E-state index contributed by atoms with van der Waals surface area (Å²) in [5.41, 5.74) is 5.80. The zero-order valence-electron chi connectivity index (χ0n) is 11.5. The van der Waals surface area contributed by atoms with Crippen molar-refractivity contribution in [3.63, 3.8) is 0 Å². The van der Waals surface area contributed by atoms with Crippen LogP contribution in [0.25, 0.3) is 0 Å². The van der Waals surface area contributed by atoms with Gasteiger partial charge in [-0.2, -0.15) is 0 Å². The fourth-order valence-electron chi connectivity index (χ4n) is 1.59. The van der Waals surface area contributed by atoms with Crippen molar-refractivity contribution in [1.82, 2.24) is 9.97 Å². The van der Waals surface area contributed by atoms with Crippen molar-refractivity contribution >= 4 is 17.6 Å². The molecule has 106 valence electrons. The fourth-order valence-corrected chi connectivity index (χ4v) is 2.48. The maximum Gasteiger partial charge on any atom is 0.157 e. The van der Waals surface area contributed by atoms with Crippen molar-refractivity contribution in [3.8, 4) is 5.75 Å². The van der Waals surface area contributed by atoms with Crippen LogP contribution in [0.15, 0.2) is 40.3 Å². The van der Waals surface area contributed by atoms with Gasteiger partial charge in [0.1, 0.15) is 23.2 Å². The van der Waals surface area contributed by atoms with E-state index in [2.05, 4.69) is 9.97 Å². The molecular formula is C14H17N3O2S. The first-order valence-corrected chi connectivity index (χ1v) is 7.06. The van der Waals surface area contributed by atoms with Crippen LogP contribution < -0.4 is 10.5 Å². The molecule has 0 aliphatic rings. The van der Waals surface area contributed by atoms with E-state index >= 15 is 0 Å². The zero-order valence-corrected chi connectivity index (χ0v) is 12.3. The molecule has 0 unspecified atom stereocenters. The summed E-state index contributed by atoms with van der Waals surface area (Å²) in [6.07, 6.45) is 0. The molecule has 1 aromatic heterocycles. The number of hydrogen-bond donors (Lipinski definition) is 1. The number of ether oxygens (including phenoxy) is 2. The molecule has 0 atom stereocenters. The predicted octanol–water partition coefficient (Wildman–Crippen LogP) is 2.76. The van der Waals surface area contributed by atoms with Crippen LogP contribution >= 0.6 is 11.8 Å². The van der Waals surface area contributed by atoms with Gasteiger partial charge in [0.05, 0.1) is 7.11 Å². The molecular weight excluding hydrogens is 274 g/mol. The summed E-state index contributed by atoms with van der Waals surface area (Å²) in [6.45, 7) is 2.92. The van der Waals surface area contributed by atoms with Gasteiger partial charge in [0.15, 0.2) is 5.82 Å². The van der Waals surface area contributed by atoms with Crippen LogP contribution in [0.5, 0.6) is 5.75 Å². The minimum absolute atomic E-state index is 0.368. The summed E-state index contributed by atoms with van der Waals surface area (Å²) in [4.78, 5) is 9.61. The number of methoxy groups -OCH3 is 1. The Kier molecular flexibility index (Phi) is 5.20. The second-order valence-electron chi connectivity index (χ2n) is 3.97. The Hall–Kier alpha value is -1.79. The number of benzene rings is 1. The third-order valence-electron chi connectivity index (χ3n) is 2.47. The largest absolute Gasteiger partial charge is 0.497 e. The van der Waals surface area contributed by atoms with Crippen LogP contribution in [0.4, 0.5) is 5.82 Å². The highest BCUT2D eigenvalue weighted by atomic mass is 32.2. The Morgan fingerprint density at radius 2 is 2.10 bits per heavy atom. The topological polar surface area (TPSA) is 70.3 Å². The summed E-state index contributed by atoms with van der Waals surface area (Å²) >= 11 is 1.51. The molecule has 20 heavy (non-hydrogen) atoms. The van der Waals surface area contributed by atoms with Gasteiger partial charge in [-0.1, -0.05) is 17.8 Å². The Balaban J connectivity index is 2.17. The lowest BCUT2D eigenvalue weighted by Gasteiger charge is -2.07. The maximum atomic E-state index is 5.80. The molecule has 0 amide bonds. The molecule has 1 aromatic carbocycles. The van der Waals surface area contributed by atoms with Crippen molar-refractivity contribution in [3.05, 3.63) is 36.2 Å². The van der Waals surface area contributed by atoms with Crippen LogP contribution in [0.2, 0.25) is 0 Å². The van der Waals surface area contributed by atoms with Crippen molar-refractivity contribution in [2.45, 2.75) is 23.5 Å². The number of nitrogen functional groups attached to an aromatic ring is 1. The molecule has 2 N–H and O–H groups in total. The number of rotatable bonds is 6. The number of nitrogens with zero attached hydrogens (tertiary/aromatic N) is 2. The van der Waals surface area contributed by atoms with E-state index in [-0.39, 0.29) is 0 Å². The van der Waals surface area contributed by atoms with E-state index in [1.165, 1.54) is 11.8 Å². The lowest BCUT2D eigenvalue weighted by Crippen LogP contribution is -2.03. The molecule has 5 nitrogen and oxygen atoms in total. The second-order valence-corrected chi connectivity index (χ2v) is 5.06. The van der Waals surface area contributed by atoms with Crippen LogP contribution in [0, 0.1) is 0 Å². The average molecular weight is 291 g/mol. The smallest absolute Gasteiger partial charge is 0.157 e. The number of nitrogens with two attached hydrogens (primary N) is 1. The van der Waals surface area contributed by atoms with Gasteiger partial charge >= 0.3 is 0 Å². The first-order chi connectivity index (χ1) is 9.71. The van der Waals surface area contributed by atoms with Crippen molar-refractivity contribution in [1.29, 1.82) is 0 Å². The zero-order chi connectivity index (χ0) is 14.4. The third kappa shape index (κ3) is 4.11. The summed E-state index contributed by atoms with van der Waals surface area (Å²) in [5.74, 6) is 1.85. The molecule has 0 aliphatic carbocycles. The first kappa shape index (κ1) is 14.6. The number of anilines is 1. The third-order valence-corrected chi connectivity index (χ3v) is 3.38. The summed E-state index contributed by atoms with van der Waals surface area (Å²) in [6, 6.07) is 9.53. The average Bonchev–Trinajstić information content (AvgIpc) is 2.44. The van der Waals surface area contributed by atoms with Crippen LogP contribution in [0.3, 0.4) is 0 Å². The van der Waals surface area contributed by atoms with Gasteiger partial charge < -0.3 is 15.2 Å². The molecule has 2 aromatic rings. The van der Waals surface area contributed by atoms with Gasteiger partial charge in [-0.15, -0.1) is 0 Å². The first-order valence-electron chi connectivity index (χ1n) is 6.24. The van der Waals surface area contributed by atoms with Gasteiger partial charge in [0.25, 0.3) is 0 Å². The van der Waals surface area contributed by atoms with E-state index in [1.807, 2.05) is 31.2 Å². The van der Waals surface area contributed by atoms with Crippen molar-refractivity contribution in [2.24, 2.45) is 0 Å². The van der Waals surface area contributed by atoms with E-state index in [0.29, 0.717) is 24.9 Å². The number of hydrogen-bond acceptors (Lipinski definition) is 6. The van der Waals surface area contributed by atoms with E-state index < -0.39 is 0 Å². The highest BCUT2D eigenvalue weighted by Crippen LogP contribution is 2.29. The highest BCUT2D eigenvalue weighted by Gasteiger charge is 2.05. The van der Waals surface area contributed by atoms with E-state index in [0.717, 1.165) is 15.7 Å². The molecule has 0 spiro atoms. The maximum absolute atomic E-state index is 5.80. The molecule has 0 aliphatic heterocycles. The van der Waals surface area contributed by atoms with Gasteiger partial charge in [-0.25, -0.2) is 9.97 Å². The minimum Gasteiger partial charge on any atom is -0.497 e. The molecule has 1 heterocycles. The van der Waals surface area contributed by atoms with Gasteiger partial charge in [0.2, 0.25) is 0 Å². The quantitative estimate of drug-likeness (QED) is 0.825. The fraction of sp³-hybridized carbons (Fsp3) is 0.286. The number of aromatic nitrogens is 2. The molecule has 0 saturated heterocycles. The van der Waals surface area contributed by atoms with Gasteiger partial charge in [-0.3, -0.25) is 0 Å². The summed E-state index contributed by atoms with van der Waals surface area (Å²) < 4.78 is 10.5. The van der Waals surface area contributed by atoms with E-state index in [1.54, 1.807) is 13.2 Å². The van der Waals surface area contributed by atoms with Gasteiger partial charge in [0, 0.05) is 17.6 Å². The predicted molar refractivity (Wildman–Crippen MR) is 78.9 cm³/mol. The summed E-state index contributed by atoms with van der Waals surface area (Å²) in [5, 5.41) is 0.792.